The lowest BCUT2D eigenvalue weighted by atomic mass is 10.2. The normalized spacial score (nSPS) is 10.4. The number of amides is 2. The van der Waals surface area contributed by atoms with E-state index in [1.807, 2.05) is 6.92 Å². The van der Waals surface area contributed by atoms with Crippen LogP contribution in [0.4, 0.5) is 17.1 Å². The molecule has 0 fully saturated rings. The van der Waals surface area contributed by atoms with Gasteiger partial charge in [0, 0.05) is 34.0 Å². The molecule has 0 spiro atoms. The molecule has 2 N–H and O–H groups in total. The number of nitro benzene ring substituents is 1. The molecule has 0 saturated heterocycles. The molecule has 3 rings (SSSR count). The Bertz CT molecular complexity index is 1250. The van der Waals surface area contributed by atoms with E-state index in [0.717, 1.165) is 17.7 Å². The molecule has 186 valence electrons. The van der Waals surface area contributed by atoms with E-state index in [4.69, 9.17) is 4.74 Å². The minimum Gasteiger partial charge on any atom is -0.462 e. The number of hydrogen-bond donors (Lipinski definition) is 2. The van der Waals surface area contributed by atoms with Crippen molar-refractivity contribution in [2.45, 2.75) is 24.7 Å². The van der Waals surface area contributed by atoms with Crippen LogP contribution in [0, 0.1) is 10.1 Å². The second-order valence-corrected chi connectivity index (χ2v) is 8.74. The molecule has 0 aliphatic rings. The fourth-order valence-electron chi connectivity index (χ4n) is 3.06. The number of thioether (sulfide) groups is 1. The number of ether oxygens (including phenoxy) is 1. The van der Waals surface area contributed by atoms with E-state index in [9.17, 15) is 24.5 Å². The SMILES string of the molecule is CCCCOC(=O)c1ccc(NC(=O)CSc2cccc(NC(=O)c3cccc([N+](=O)[O-])c3)c2)cc1. The standard InChI is InChI=1S/C26H25N3O6S/c1-2-3-14-35-26(32)18-10-12-20(13-11-18)27-24(30)17-36-23-9-5-7-21(16-23)28-25(31)19-6-4-8-22(15-19)29(33)34/h4-13,15-16H,2-3,14,17H2,1H3,(H,27,30)(H,28,31). The van der Waals surface area contributed by atoms with Gasteiger partial charge in [-0.2, -0.15) is 0 Å². The van der Waals surface area contributed by atoms with E-state index in [0.29, 0.717) is 23.5 Å². The third-order valence-electron chi connectivity index (χ3n) is 4.92. The maximum atomic E-state index is 12.5. The first-order valence-corrected chi connectivity index (χ1v) is 12.2. The van der Waals surface area contributed by atoms with Crippen LogP contribution in [0.25, 0.3) is 0 Å². The molecule has 0 aromatic heterocycles. The number of rotatable bonds is 11. The van der Waals surface area contributed by atoms with Crippen molar-refractivity contribution < 1.29 is 24.0 Å². The van der Waals surface area contributed by atoms with Crippen molar-refractivity contribution in [1.29, 1.82) is 0 Å². The summed E-state index contributed by atoms with van der Waals surface area (Å²) >= 11 is 1.28. The molecule has 10 heteroatoms. The fraction of sp³-hybridized carbons (Fsp3) is 0.192. The van der Waals surface area contributed by atoms with E-state index >= 15 is 0 Å². The van der Waals surface area contributed by atoms with Crippen LogP contribution in [0.2, 0.25) is 0 Å². The molecule has 0 saturated carbocycles. The molecule has 0 bridgehead atoms. The Labute approximate surface area is 212 Å². The van der Waals surface area contributed by atoms with E-state index in [-0.39, 0.29) is 22.9 Å². The molecular formula is C26H25N3O6S. The zero-order valence-corrected chi connectivity index (χ0v) is 20.4. The molecule has 2 amide bonds. The van der Waals surface area contributed by atoms with Gasteiger partial charge >= 0.3 is 5.97 Å². The van der Waals surface area contributed by atoms with Crippen molar-refractivity contribution in [2.75, 3.05) is 23.0 Å². The molecule has 3 aromatic carbocycles. The van der Waals surface area contributed by atoms with E-state index in [1.165, 1.54) is 36.0 Å². The summed E-state index contributed by atoms with van der Waals surface area (Å²) in [6.45, 7) is 2.39. The van der Waals surface area contributed by atoms with Gasteiger partial charge < -0.3 is 15.4 Å². The lowest BCUT2D eigenvalue weighted by molar-refractivity contribution is -0.384. The summed E-state index contributed by atoms with van der Waals surface area (Å²) in [5.41, 5.74) is 1.48. The Morgan fingerprint density at radius 2 is 1.67 bits per heavy atom. The van der Waals surface area contributed by atoms with Gasteiger partial charge in [0.15, 0.2) is 0 Å². The predicted molar refractivity (Wildman–Crippen MR) is 138 cm³/mol. The highest BCUT2D eigenvalue weighted by atomic mass is 32.2. The fourth-order valence-corrected chi connectivity index (χ4v) is 3.81. The van der Waals surface area contributed by atoms with Gasteiger partial charge in [-0.25, -0.2) is 4.79 Å². The Kier molecular flexibility index (Phi) is 9.58. The second kappa shape index (κ2) is 13.1. The van der Waals surface area contributed by atoms with Gasteiger partial charge in [0.25, 0.3) is 11.6 Å². The third-order valence-corrected chi connectivity index (χ3v) is 5.91. The maximum Gasteiger partial charge on any atom is 0.338 e. The number of anilines is 2. The highest BCUT2D eigenvalue weighted by molar-refractivity contribution is 8.00. The van der Waals surface area contributed by atoms with E-state index in [2.05, 4.69) is 10.6 Å². The van der Waals surface area contributed by atoms with Gasteiger partial charge in [-0.3, -0.25) is 19.7 Å². The summed E-state index contributed by atoms with van der Waals surface area (Å²) in [4.78, 5) is 47.9. The van der Waals surface area contributed by atoms with Crippen LogP contribution >= 0.6 is 11.8 Å². The lowest BCUT2D eigenvalue weighted by Crippen LogP contribution is -2.14. The van der Waals surface area contributed by atoms with Gasteiger partial charge in [0.1, 0.15) is 0 Å². The molecule has 0 radical (unpaired) electrons. The number of carbonyl (C=O) groups excluding carboxylic acids is 3. The van der Waals surface area contributed by atoms with Crippen molar-refractivity contribution in [3.05, 3.63) is 94.0 Å². The Morgan fingerprint density at radius 1 is 0.917 bits per heavy atom. The molecule has 0 aliphatic heterocycles. The summed E-state index contributed by atoms with van der Waals surface area (Å²) in [5, 5.41) is 16.4. The molecule has 36 heavy (non-hydrogen) atoms. The van der Waals surface area contributed by atoms with Crippen LogP contribution in [0.15, 0.2) is 77.7 Å². The van der Waals surface area contributed by atoms with Gasteiger partial charge in [-0.1, -0.05) is 25.5 Å². The van der Waals surface area contributed by atoms with Crippen molar-refractivity contribution in [1.82, 2.24) is 0 Å². The first kappa shape index (κ1) is 26.4. The molecular weight excluding hydrogens is 482 g/mol. The number of carbonyl (C=O) groups is 3. The summed E-state index contributed by atoms with van der Waals surface area (Å²) in [5.74, 6) is -0.974. The number of nitrogens with one attached hydrogen (secondary N) is 2. The Morgan fingerprint density at radius 3 is 2.39 bits per heavy atom. The number of hydrogen-bond acceptors (Lipinski definition) is 7. The smallest absolute Gasteiger partial charge is 0.338 e. The van der Waals surface area contributed by atoms with Gasteiger partial charge in [-0.15, -0.1) is 11.8 Å². The molecule has 0 atom stereocenters. The number of unbranched alkanes of at least 4 members (excludes halogenated alkanes) is 1. The zero-order valence-electron chi connectivity index (χ0n) is 19.6. The summed E-state index contributed by atoms with van der Waals surface area (Å²) in [6, 6.07) is 18.9. The van der Waals surface area contributed by atoms with Crippen LogP contribution in [0.1, 0.15) is 40.5 Å². The van der Waals surface area contributed by atoms with Crippen LogP contribution in [0.3, 0.4) is 0 Å². The van der Waals surface area contributed by atoms with Gasteiger partial charge in [0.05, 0.1) is 22.8 Å². The Hall–Kier alpha value is -4.18. The number of benzene rings is 3. The highest BCUT2D eigenvalue weighted by Crippen LogP contribution is 2.23. The van der Waals surface area contributed by atoms with Gasteiger partial charge in [-0.05, 0) is 55.0 Å². The van der Waals surface area contributed by atoms with Crippen LogP contribution < -0.4 is 10.6 Å². The first-order chi connectivity index (χ1) is 17.4. The quantitative estimate of drug-likeness (QED) is 0.115. The zero-order chi connectivity index (χ0) is 25.9. The number of nitro groups is 1. The molecule has 0 unspecified atom stereocenters. The summed E-state index contributed by atoms with van der Waals surface area (Å²) < 4.78 is 5.17. The highest BCUT2D eigenvalue weighted by Gasteiger charge is 2.12. The lowest BCUT2D eigenvalue weighted by Gasteiger charge is -2.09. The average Bonchev–Trinajstić information content (AvgIpc) is 2.88. The maximum absolute atomic E-state index is 12.5. The monoisotopic (exact) mass is 507 g/mol. The summed E-state index contributed by atoms with van der Waals surface area (Å²) in [6.07, 6.45) is 1.75. The second-order valence-electron chi connectivity index (χ2n) is 7.69. The topological polar surface area (TPSA) is 128 Å². The third kappa shape index (κ3) is 7.95. The minimum absolute atomic E-state index is 0.128. The van der Waals surface area contributed by atoms with Crippen LogP contribution in [-0.4, -0.2) is 35.1 Å². The van der Waals surface area contributed by atoms with Crippen LogP contribution in [-0.2, 0) is 9.53 Å². The molecule has 9 nitrogen and oxygen atoms in total. The van der Waals surface area contributed by atoms with Crippen molar-refractivity contribution in [3.8, 4) is 0 Å². The molecule has 0 heterocycles. The number of non-ortho nitro benzene ring substituents is 1. The number of nitrogens with zero attached hydrogens (tertiary/aromatic N) is 1. The van der Waals surface area contributed by atoms with Crippen LogP contribution in [0.5, 0.6) is 0 Å². The number of esters is 1. The largest absolute Gasteiger partial charge is 0.462 e. The first-order valence-electron chi connectivity index (χ1n) is 11.2. The van der Waals surface area contributed by atoms with Gasteiger partial charge in [0.2, 0.25) is 5.91 Å². The van der Waals surface area contributed by atoms with E-state index < -0.39 is 16.8 Å². The minimum atomic E-state index is -0.559. The van der Waals surface area contributed by atoms with Crippen molar-refractivity contribution in [2.24, 2.45) is 0 Å². The Balaban J connectivity index is 1.51. The average molecular weight is 508 g/mol. The van der Waals surface area contributed by atoms with Crippen molar-refractivity contribution >= 4 is 46.6 Å². The molecule has 0 aliphatic carbocycles. The van der Waals surface area contributed by atoms with E-state index in [1.54, 1.807) is 48.5 Å². The summed E-state index contributed by atoms with van der Waals surface area (Å²) in [7, 11) is 0. The van der Waals surface area contributed by atoms with Crippen molar-refractivity contribution in [3.63, 3.8) is 0 Å². The predicted octanol–water partition coefficient (Wildman–Crippen LogP) is 5.53. The molecule has 3 aromatic rings.